The molecule has 1 heterocycles. The molecule has 2 aromatic rings. The number of nitrogens with one attached hydrogen (secondary N) is 1. The van der Waals surface area contributed by atoms with Gasteiger partial charge in [-0.25, -0.2) is 0 Å². The number of rotatable bonds is 6. The molecular weight excluding hydrogens is 308 g/mol. The topological polar surface area (TPSA) is 55.1 Å². The highest BCUT2D eigenvalue weighted by Gasteiger charge is 2.19. The third kappa shape index (κ3) is 4.10. The number of nitrogens with two attached hydrogens (primary N) is 1. The van der Waals surface area contributed by atoms with Crippen LogP contribution in [0.3, 0.4) is 0 Å². The molecule has 25 heavy (non-hydrogen) atoms. The van der Waals surface area contributed by atoms with E-state index in [0.29, 0.717) is 0 Å². The summed E-state index contributed by atoms with van der Waals surface area (Å²) in [5.41, 5.74) is 9.63. The maximum atomic E-state index is 11.3. The Hall–Kier alpha value is -2.99. The normalized spacial score (nSPS) is 17.2. The Balaban J connectivity index is 1.89. The van der Waals surface area contributed by atoms with Gasteiger partial charge in [-0.3, -0.25) is 4.79 Å². The smallest absolute Gasteiger partial charge is 0.220 e. The molecule has 3 nitrogen and oxygen atoms in total. The van der Waals surface area contributed by atoms with E-state index in [9.17, 15) is 4.79 Å². The van der Waals surface area contributed by atoms with Crippen molar-refractivity contribution in [3.8, 4) is 11.8 Å². The Morgan fingerprint density at radius 3 is 2.28 bits per heavy atom. The van der Waals surface area contributed by atoms with Crippen LogP contribution >= 0.6 is 0 Å². The number of hydrogen-bond donors (Lipinski definition) is 2. The molecule has 0 spiro atoms. The van der Waals surface area contributed by atoms with Gasteiger partial charge in [-0.15, -0.1) is 0 Å². The number of benzene rings is 2. The average Bonchev–Trinajstić information content (AvgIpc) is 2.67. The van der Waals surface area contributed by atoms with Crippen molar-refractivity contribution in [1.29, 1.82) is 0 Å². The van der Waals surface area contributed by atoms with Gasteiger partial charge < -0.3 is 11.1 Å². The van der Waals surface area contributed by atoms with Crippen molar-refractivity contribution < 1.29 is 4.79 Å². The first-order valence-corrected chi connectivity index (χ1v) is 8.57. The zero-order valence-corrected chi connectivity index (χ0v) is 14.3. The summed E-state index contributed by atoms with van der Waals surface area (Å²) in [6.07, 6.45) is 1.51. The van der Waals surface area contributed by atoms with Gasteiger partial charge in [-0.05, 0) is 24.0 Å². The van der Waals surface area contributed by atoms with Gasteiger partial charge in [0.2, 0.25) is 5.91 Å². The lowest BCUT2D eigenvalue weighted by Crippen LogP contribution is -2.31. The molecule has 0 aliphatic carbocycles. The molecule has 1 aliphatic rings. The van der Waals surface area contributed by atoms with Gasteiger partial charge in [0.15, 0.2) is 0 Å². The Bertz CT molecular complexity index is 829. The molecule has 0 fully saturated rings. The highest BCUT2D eigenvalue weighted by molar-refractivity contribution is 5.98. The lowest BCUT2D eigenvalue weighted by atomic mass is 9.94. The molecule has 0 saturated heterocycles. The minimum Gasteiger partial charge on any atom is -0.370 e. The van der Waals surface area contributed by atoms with Crippen LogP contribution in [-0.2, 0) is 4.79 Å². The predicted molar refractivity (Wildman–Crippen MR) is 102 cm³/mol. The SMILES string of the molecule is CC(CCC1C#CC(c2ccccc2)=C(c2ccccc2)N1)C(N)=O. The van der Waals surface area contributed by atoms with Gasteiger partial charge in [0.1, 0.15) is 0 Å². The molecule has 126 valence electrons. The molecule has 0 aromatic heterocycles. The van der Waals surface area contributed by atoms with E-state index in [1.54, 1.807) is 0 Å². The molecule has 0 bridgehead atoms. The first-order chi connectivity index (χ1) is 12.1. The van der Waals surface area contributed by atoms with E-state index in [0.717, 1.165) is 35.2 Å². The van der Waals surface area contributed by atoms with Crippen molar-refractivity contribution in [3.63, 3.8) is 0 Å². The summed E-state index contributed by atoms with van der Waals surface area (Å²) in [5, 5.41) is 3.57. The Morgan fingerprint density at radius 1 is 1.08 bits per heavy atom. The van der Waals surface area contributed by atoms with Gasteiger partial charge in [0, 0.05) is 5.92 Å². The molecule has 2 aromatic carbocycles. The average molecular weight is 330 g/mol. The van der Waals surface area contributed by atoms with E-state index in [4.69, 9.17) is 5.73 Å². The van der Waals surface area contributed by atoms with E-state index in [2.05, 4.69) is 41.4 Å². The van der Waals surface area contributed by atoms with E-state index in [-0.39, 0.29) is 17.9 Å². The third-order valence-corrected chi connectivity index (χ3v) is 4.44. The molecular formula is C22H22N2O. The lowest BCUT2D eigenvalue weighted by molar-refractivity contribution is -0.121. The molecule has 3 rings (SSSR count). The van der Waals surface area contributed by atoms with Crippen molar-refractivity contribution in [1.82, 2.24) is 5.32 Å². The second kappa shape index (κ2) is 7.72. The van der Waals surface area contributed by atoms with Gasteiger partial charge in [-0.1, -0.05) is 79.4 Å². The van der Waals surface area contributed by atoms with Gasteiger partial charge >= 0.3 is 0 Å². The summed E-state index contributed by atoms with van der Waals surface area (Å²) < 4.78 is 0. The van der Waals surface area contributed by atoms with Crippen molar-refractivity contribution in [2.45, 2.75) is 25.8 Å². The maximum absolute atomic E-state index is 11.3. The molecule has 2 atom stereocenters. The fourth-order valence-electron chi connectivity index (χ4n) is 2.86. The minimum atomic E-state index is -0.257. The zero-order valence-electron chi connectivity index (χ0n) is 14.3. The van der Waals surface area contributed by atoms with Crippen molar-refractivity contribution in [2.75, 3.05) is 0 Å². The summed E-state index contributed by atoms with van der Waals surface area (Å²) in [5.74, 6) is 6.24. The first-order valence-electron chi connectivity index (χ1n) is 8.57. The third-order valence-electron chi connectivity index (χ3n) is 4.44. The molecule has 0 radical (unpaired) electrons. The molecule has 1 aliphatic heterocycles. The van der Waals surface area contributed by atoms with Gasteiger partial charge in [0.25, 0.3) is 0 Å². The summed E-state index contributed by atoms with van der Waals surface area (Å²) in [6.45, 7) is 1.86. The van der Waals surface area contributed by atoms with E-state index in [1.807, 2.05) is 43.3 Å². The van der Waals surface area contributed by atoms with Crippen LogP contribution in [0.2, 0.25) is 0 Å². The van der Waals surface area contributed by atoms with Crippen molar-refractivity contribution >= 4 is 17.2 Å². The fourth-order valence-corrected chi connectivity index (χ4v) is 2.86. The van der Waals surface area contributed by atoms with Crippen molar-refractivity contribution in [2.24, 2.45) is 11.7 Å². The molecule has 1 amide bonds. The molecule has 2 unspecified atom stereocenters. The summed E-state index contributed by atoms with van der Waals surface area (Å²) in [7, 11) is 0. The Labute approximate surface area is 148 Å². The number of allylic oxidation sites excluding steroid dienone is 1. The number of hydrogen-bond acceptors (Lipinski definition) is 2. The van der Waals surface area contributed by atoms with Crippen LogP contribution < -0.4 is 11.1 Å². The Kier molecular flexibility index (Phi) is 5.20. The molecule has 3 heteroatoms. The number of amides is 1. The lowest BCUT2D eigenvalue weighted by Gasteiger charge is -2.24. The van der Waals surface area contributed by atoms with Crippen LogP contribution in [0.5, 0.6) is 0 Å². The van der Waals surface area contributed by atoms with E-state index >= 15 is 0 Å². The Morgan fingerprint density at radius 2 is 1.68 bits per heavy atom. The van der Waals surface area contributed by atoms with Crippen LogP contribution in [-0.4, -0.2) is 11.9 Å². The summed E-state index contributed by atoms with van der Waals surface area (Å²) >= 11 is 0. The van der Waals surface area contributed by atoms with Crippen LogP contribution in [0.4, 0.5) is 0 Å². The second-order valence-electron chi connectivity index (χ2n) is 6.33. The number of primary amides is 1. The minimum absolute atomic E-state index is 0.0180. The van der Waals surface area contributed by atoms with Crippen LogP contribution in [0.25, 0.3) is 11.3 Å². The number of carbonyl (C=O) groups is 1. The van der Waals surface area contributed by atoms with Crippen LogP contribution in [0.15, 0.2) is 60.7 Å². The second-order valence-corrected chi connectivity index (χ2v) is 6.33. The maximum Gasteiger partial charge on any atom is 0.220 e. The van der Waals surface area contributed by atoms with Crippen LogP contribution in [0, 0.1) is 17.8 Å². The first kappa shape index (κ1) is 16.9. The van der Waals surface area contributed by atoms with Crippen molar-refractivity contribution in [3.05, 3.63) is 71.8 Å². The quantitative estimate of drug-likeness (QED) is 0.797. The monoisotopic (exact) mass is 330 g/mol. The fraction of sp³-hybridized carbons (Fsp3) is 0.227. The zero-order chi connectivity index (χ0) is 17.6. The standard InChI is InChI=1S/C22H22N2O/c1-16(22(23)25)12-13-19-14-15-20(17-8-4-2-5-9-17)21(24-19)18-10-6-3-7-11-18/h2-11,16,19,24H,12-13H2,1H3,(H2,23,25). The highest BCUT2D eigenvalue weighted by Crippen LogP contribution is 2.27. The van der Waals surface area contributed by atoms with Gasteiger partial charge in [-0.2, -0.15) is 0 Å². The largest absolute Gasteiger partial charge is 0.370 e. The number of carbonyl (C=O) groups excluding carboxylic acids is 1. The van der Waals surface area contributed by atoms with E-state index in [1.165, 1.54) is 0 Å². The summed E-state index contributed by atoms with van der Waals surface area (Å²) in [4.78, 5) is 11.3. The summed E-state index contributed by atoms with van der Waals surface area (Å²) in [6, 6.07) is 20.4. The van der Waals surface area contributed by atoms with Crippen LogP contribution in [0.1, 0.15) is 30.9 Å². The predicted octanol–water partition coefficient (Wildman–Crippen LogP) is 3.43. The van der Waals surface area contributed by atoms with Gasteiger partial charge in [0.05, 0.1) is 17.3 Å². The van der Waals surface area contributed by atoms with E-state index < -0.39 is 0 Å². The highest BCUT2D eigenvalue weighted by atomic mass is 16.1. The molecule has 3 N–H and O–H groups in total. The molecule has 0 saturated carbocycles.